The molecule has 0 spiro atoms. The molecule has 1 atom stereocenters. The maximum Gasteiger partial charge on any atom is 0.295 e. The van der Waals surface area contributed by atoms with Gasteiger partial charge in [-0.2, -0.15) is 0 Å². The second-order valence-corrected chi connectivity index (χ2v) is 9.11. The van der Waals surface area contributed by atoms with Crippen molar-refractivity contribution in [2.24, 2.45) is 0 Å². The molecular formula is C30H31NO4. The first-order valence-corrected chi connectivity index (χ1v) is 12.1. The standard InChI is InChI=1S/C30H31NO4/c1-4-18-35-25-16-14-24(15-17-25)28(32)26-27(23-12-10-22(11-13-23)20(2)3)31(30(34)29(26)33)19-21-8-6-5-7-9-21/h5-17,20,27,32H,4,18-19H2,1-3H3. The van der Waals surface area contributed by atoms with Crippen molar-refractivity contribution in [3.8, 4) is 5.75 Å². The van der Waals surface area contributed by atoms with Gasteiger partial charge in [-0.15, -0.1) is 0 Å². The maximum atomic E-state index is 13.3. The Balaban J connectivity index is 1.78. The summed E-state index contributed by atoms with van der Waals surface area (Å²) in [4.78, 5) is 28.0. The molecule has 0 saturated carbocycles. The number of carbonyl (C=O) groups is 2. The van der Waals surface area contributed by atoms with Gasteiger partial charge in [-0.05, 0) is 53.3 Å². The van der Waals surface area contributed by atoms with Crippen molar-refractivity contribution in [3.05, 3.63) is 107 Å². The Kier molecular flexibility index (Phi) is 7.35. The number of rotatable bonds is 8. The van der Waals surface area contributed by atoms with E-state index in [9.17, 15) is 14.7 Å². The van der Waals surface area contributed by atoms with Crippen molar-refractivity contribution in [3.63, 3.8) is 0 Å². The van der Waals surface area contributed by atoms with Crippen molar-refractivity contribution < 1.29 is 19.4 Å². The van der Waals surface area contributed by atoms with Crippen LogP contribution in [0.2, 0.25) is 0 Å². The first-order chi connectivity index (χ1) is 16.9. The molecular weight excluding hydrogens is 438 g/mol. The zero-order chi connectivity index (χ0) is 24.9. The van der Waals surface area contributed by atoms with E-state index in [1.54, 1.807) is 29.2 Å². The van der Waals surface area contributed by atoms with E-state index in [4.69, 9.17) is 4.74 Å². The van der Waals surface area contributed by atoms with Gasteiger partial charge in [0.05, 0.1) is 18.2 Å². The molecule has 180 valence electrons. The number of carbonyl (C=O) groups excluding carboxylic acids is 2. The number of nitrogens with zero attached hydrogens (tertiary/aromatic N) is 1. The minimum atomic E-state index is -0.688. The Hall–Kier alpha value is -3.86. The van der Waals surface area contributed by atoms with Crippen LogP contribution in [-0.4, -0.2) is 28.3 Å². The molecule has 1 heterocycles. The van der Waals surface area contributed by atoms with Crippen LogP contribution >= 0.6 is 0 Å². The fourth-order valence-corrected chi connectivity index (χ4v) is 4.32. The van der Waals surface area contributed by atoms with Crippen molar-refractivity contribution in [2.45, 2.75) is 45.7 Å². The first-order valence-electron chi connectivity index (χ1n) is 12.1. The van der Waals surface area contributed by atoms with Crippen molar-refractivity contribution >= 4 is 17.4 Å². The molecule has 0 bridgehead atoms. The molecule has 4 rings (SSSR count). The van der Waals surface area contributed by atoms with Crippen LogP contribution in [0.4, 0.5) is 0 Å². The number of benzene rings is 3. The molecule has 5 nitrogen and oxygen atoms in total. The molecule has 1 aliphatic rings. The predicted molar refractivity (Wildman–Crippen MR) is 137 cm³/mol. The van der Waals surface area contributed by atoms with Gasteiger partial charge in [-0.25, -0.2) is 0 Å². The number of aliphatic hydroxyl groups excluding tert-OH is 1. The second-order valence-electron chi connectivity index (χ2n) is 9.11. The lowest BCUT2D eigenvalue weighted by Crippen LogP contribution is -2.29. The molecule has 1 fully saturated rings. The van der Waals surface area contributed by atoms with E-state index in [1.165, 1.54) is 0 Å². The number of amides is 1. The highest BCUT2D eigenvalue weighted by atomic mass is 16.5. The minimum absolute atomic E-state index is 0.102. The van der Waals surface area contributed by atoms with E-state index in [0.29, 0.717) is 23.8 Å². The molecule has 1 aliphatic heterocycles. The molecule has 5 heteroatoms. The fourth-order valence-electron chi connectivity index (χ4n) is 4.32. The van der Waals surface area contributed by atoms with Crippen LogP contribution in [0, 0.1) is 0 Å². The zero-order valence-electron chi connectivity index (χ0n) is 20.4. The number of ketones is 1. The van der Waals surface area contributed by atoms with Crippen LogP contribution in [0.25, 0.3) is 5.76 Å². The molecule has 1 unspecified atom stereocenters. The highest BCUT2D eigenvalue weighted by molar-refractivity contribution is 6.46. The van der Waals surface area contributed by atoms with Crippen LogP contribution in [-0.2, 0) is 16.1 Å². The number of ether oxygens (including phenoxy) is 1. The summed E-state index contributed by atoms with van der Waals surface area (Å²) in [6.45, 7) is 7.13. The van der Waals surface area contributed by atoms with Gasteiger partial charge >= 0.3 is 0 Å². The van der Waals surface area contributed by atoms with Crippen LogP contribution in [0.15, 0.2) is 84.4 Å². The zero-order valence-corrected chi connectivity index (χ0v) is 20.4. The average Bonchev–Trinajstić information content (AvgIpc) is 3.13. The van der Waals surface area contributed by atoms with E-state index < -0.39 is 17.7 Å². The Bertz CT molecular complexity index is 1210. The molecule has 1 saturated heterocycles. The quantitative estimate of drug-likeness (QED) is 0.242. The lowest BCUT2D eigenvalue weighted by Gasteiger charge is -2.26. The van der Waals surface area contributed by atoms with Gasteiger partial charge in [-0.1, -0.05) is 75.4 Å². The maximum absolute atomic E-state index is 13.3. The SMILES string of the molecule is CCCOc1ccc(C(O)=C2C(=O)C(=O)N(Cc3ccccc3)C2c2ccc(C(C)C)cc2)cc1. The van der Waals surface area contributed by atoms with Crippen molar-refractivity contribution in [1.29, 1.82) is 0 Å². The number of aliphatic hydroxyl groups is 1. The summed E-state index contributed by atoms with van der Waals surface area (Å²) < 4.78 is 5.63. The molecule has 3 aromatic carbocycles. The van der Waals surface area contributed by atoms with E-state index in [0.717, 1.165) is 23.1 Å². The monoisotopic (exact) mass is 469 g/mol. The van der Waals surface area contributed by atoms with Crippen molar-refractivity contribution in [2.75, 3.05) is 6.61 Å². The molecule has 0 radical (unpaired) electrons. The van der Waals surface area contributed by atoms with Gasteiger partial charge in [-0.3, -0.25) is 9.59 Å². The summed E-state index contributed by atoms with van der Waals surface area (Å²) in [6.07, 6.45) is 0.891. The van der Waals surface area contributed by atoms with Gasteiger partial charge in [0.25, 0.3) is 11.7 Å². The minimum Gasteiger partial charge on any atom is -0.507 e. The largest absolute Gasteiger partial charge is 0.507 e. The van der Waals surface area contributed by atoms with Gasteiger partial charge in [0, 0.05) is 12.1 Å². The van der Waals surface area contributed by atoms with Gasteiger partial charge < -0.3 is 14.7 Å². The summed E-state index contributed by atoms with van der Waals surface area (Å²) in [5, 5.41) is 11.3. The molecule has 0 aromatic heterocycles. The van der Waals surface area contributed by atoms with Gasteiger partial charge in [0.15, 0.2) is 0 Å². The van der Waals surface area contributed by atoms with Gasteiger partial charge in [0.1, 0.15) is 11.5 Å². The summed E-state index contributed by atoms with van der Waals surface area (Å²) >= 11 is 0. The summed E-state index contributed by atoms with van der Waals surface area (Å²) in [5.74, 6) is -0.431. The first kappa shape index (κ1) is 24.3. The van der Waals surface area contributed by atoms with E-state index in [2.05, 4.69) is 13.8 Å². The number of likely N-dealkylation sites (tertiary alicyclic amines) is 1. The molecule has 0 aliphatic carbocycles. The summed E-state index contributed by atoms with van der Waals surface area (Å²) in [7, 11) is 0. The van der Waals surface area contributed by atoms with Crippen LogP contribution in [0.1, 0.15) is 61.4 Å². The topological polar surface area (TPSA) is 66.8 Å². The van der Waals surface area contributed by atoms with Crippen LogP contribution < -0.4 is 4.74 Å². The second kappa shape index (κ2) is 10.6. The number of Topliss-reactive ketones (excluding diaryl/α,β-unsaturated/α-hetero) is 1. The predicted octanol–water partition coefficient (Wildman–Crippen LogP) is 6.22. The normalized spacial score (nSPS) is 17.3. The number of hydrogen-bond donors (Lipinski definition) is 1. The Morgan fingerprint density at radius 3 is 2.20 bits per heavy atom. The number of hydrogen-bond acceptors (Lipinski definition) is 4. The third-order valence-electron chi connectivity index (χ3n) is 6.26. The molecule has 1 amide bonds. The van der Waals surface area contributed by atoms with Crippen LogP contribution in [0.3, 0.4) is 0 Å². The lowest BCUT2D eigenvalue weighted by molar-refractivity contribution is -0.140. The Morgan fingerprint density at radius 1 is 0.943 bits per heavy atom. The molecule has 3 aromatic rings. The van der Waals surface area contributed by atoms with Gasteiger partial charge in [0.2, 0.25) is 0 Å². The summed E-state index contributed by atoms with van der Waals surface area (Å²) in [5.41, 5.74) is 3.43. The van der Waals surface area contributed by atoms with E-state index >= 15 is 0 Å². The average molecular weight is 470 g/mol. The Morgan fingerprint density at radius 2 is 1.60 bits per heavy atom. The molecule has 1 N–H and O–H groups in total. The van der Waals surface area contributed by atoms with E-state index in [1.807, 2.05) is 61.5 Å². The lowest BCUT2D eigenvalue weighted by atomic mass is 9.93. The van der Waals surface area contributed by atoms with Crippen LogP contribution in [0.5, 0.6) is 5.75 Å². The Labute approximate surface area is 206 Å². The highest BCUT2D eigenvalue weighted by Crippen LogP contribution is 2.40. The van der Waals surface area contributed by atoms with E-state index in [-0.39, 0.29) is 17.9 Å². The summed E-state index contributed by atoms with van der Waals surface area (Å²) in [6, 6.07) is 23.7. The fraction of sp³-hybridized carbons (Fsp3) is 0.267. The third kappa shape index (κ3) is 5.14. The highest BCUT2D eigenvalue weighted by Gasteiger charge is 2.46. The molecule has 35 heavy (non-hydrogen) atoms. The van der Waals surface area contributed by atoms with Crippen molar-refractivity contribution in [1.82, 2.24) is 4.90 Å². The third-order valence-corrected chi connectivity index (χ3v) is 6.26. The smallest absolute Gasteiger partial charge is 0.295 e.